The summed E-state index contributed by atoms with van der Waals surface area (Å²) in [5.74, 6) is 0.806. The first kappa shape index (κ1) is 9.10. The number of hydrogen-bond donors (Lipinski definition) is 1. The standard InChI is InChI=1S/C10H14ClNO/c11-10-8(4-5-13-10)9(12)6-7-2-1-3-7/h4-5,7,9H,1-3,6,12H2. The number of hydrogen-bond acceptors (Lipinski definition) is 2. The summed E-state index contributed by atoms with van der Waals surface area (Å²) in [5.41, 5.74) is 6.96. The highest BCUT2D eigenvalue weighted by molar-refractivity contribution is 6.29. The minimum Gasteiger partial charge on any atom is -0.453 e. The molecule has 1 aliphatic rings. The third kappa shape index (κ3) is 1.89. The molecule has 72 valence electrons. The lowest BCUT2D eigenvalue weighted by molar-refractivity contribution is 0.277. The molecule has 1 aromatic heterocycles. The Kier molecular flexibility index (Phi) is 2.61. The van der Waals surface area contributed by atoms with Gasteiger partial charge >= 0.3 is 0 Å². The molecular weight excluding hydrogens is 186 g/mol. The fraction of sp³-hybridized carbons (Fsp3) is 0.600. The van der Waals surface area contributed by atoms with Crippen LogP contribution in [0.25, 0.3) is 0 Å². The fourth-order valence-electron chi connectivity index (χ4n) is 1.78. The van der Waals surface area contributed by atoms with Gasteiger partial charge in [0.2, 0.25) is 0 Å². The van der Waals surface area contributed by atoms with Gasteiger partial charge in [-0.1, -0.05) is 19.3 Å². The van der Waals surface area contributed by atoms with E-state index in [0.717, 1.165) is 17.9 Å². The third-order valence-electron chi connectivity index (χ3n) is 2.86. The first-order chi connectivity index (χ1) is 6.27. The van der Waals surface area contributed by atoms with Gasteiger partial charge in [-0.3, -0.25) is 0 Å². The monoisotopic (exact) mass is 199 g/mol. The fourth-order valence-corrected chi connectivity index (χ4v) is 2.04. The van der Waals surface area contributed by atoms with Gasteiger partial charge in [0.25, 0.3) is 0 Å². The van der Waals surface area contributed by atoms with Gasteiger partial charge in [0.1, 0.15) is 0 Å². The Labute approximate surface area is 83.1 Å². The van der Waals surface area contributed by atoms with Crippen molar-refractivity contribution in [2.75, 3.05) is 0 Å². The van der Waals surface area contributed by atoms with Crippen molar-refractivity contribution in [3.8, 4) is 0 Å². The highest BCUT2D eigenvalue weighted by Crippen LogP contribution is 2.35. The average Bonchev–Trinajstić information content (AvgIpc) is 2.43. The molecule has 0 spiro atoms. The van der Waals surface area contributed by atoms with Crippen molar-refractivity contribution >= 4 is 11.6 Å². The molecule has 2 nitrogen and oxygen atoms in total. The molecule has 0 radical (unpaired) electrons. The molecule has 0 aliphatic heterocycles. The smallest absolute Gasteiger partial charge is 0.197 e. The van der Waals surface area contributed by atoms with Crippen LogP contribution in [0.15, 0.2) is 16.7 Å². The molecule has 2 rings (SSSR count). The molecule has 1 heterocycles. The Hall–Kier alpha value is -0.470. The van der Waals surface area contributed by atoms with Crippen LogP contribution in [-0.2, 0) is 0 Å². The van der Waals surface area contributed by atoms with Crippen LogP contribution in [-0.4, -0.2) is 0 Å². The summed E-state index contributed by atoms with van der Waals surface area (Å²) in [6.45, 7) is 0. The summed E-state index contributed by atoms with van der Waals surface area (Å²) >= 11 is 5.83. The SMILES string of the molecule is NC(CC1CCC1)c1ccoc1Cl. The van der Waals surface area contributed by atoms with Crippen LogP contribution < -0.4 is 5.73 Å². The van der Waals surface area contributed by atoms with Crippen molar-refractivity contribution in [3.63, 3.8) is 0 Å². The molecule has 13 heavy (non-hydrogen) atoms. The van der Waals surface area contributed by atoms with E-state index in [2.05, 4.69) is 0 Å². The van der Waals surface area contributed by atoms with Crippen LogP contribution in [0.4, 0.5) is 0 Å². The van der Waals surface area contributed by atoms with Crippen LogP contribution in [0.5, 0.6) is 0 Å². The van der Waals surface area contributed by atoms with Crippen molar-refractivity contribution in [3.05, 3.63) is 23.1 Å². The molecule has 1 fully saturated rings. The summed E-state index contributed by atoms with van der Waals surface area (Å²) in [4.78, 5) is 0. The van der Waals surface area contributed by atoms with E-state index in [-0.39, 0.29) is 6.04 Å². The second kappa shape index (κ2) is 3.72. The zero-order valence-corrected chi connectivity index (χ0v) is 8.26. The third-order valence-corrected chi connectivity index (χ3v) is 3.16. The molecule has 1 unspecified atom stereocenters. The van der Waals surface area contributed by atoms with E-state index in [1.807, 2.05) is 6.07 Å². The van der Waals surface area contributed by atoms with Crippen molar-refractivity contribution in [2.45, 2.75) is 31.7 Å². The molecule has 0 saturated heterocycles. The molecule has 1 atom stereocenters. The normalized spacial score (nSPS) is 19.8. The Morgan fingerprint density at radius 1 is 1.62 bits per heavy atom. The van der Waals surface area contributed by atoms with Gasteiger partial charge in [-0.05, 0) is 30.0 Å². The average molecular weight is 200 g/mol. The van der Waals surface area contributed by atoms with Gasteiger partial charge in [0.15, 0.2) is 5.22 Å². The first-order valence-electron chi connectivity index (χ1n) is 4.76. The van der Waals surface area contributed by atoms with Crippen molar-refractivity contribution in [2.24, 2.45) is 11.7 Å². The maximum atomic E-state index is 6.01. The second-order valence-corrected chi connectivity index (χ2v) is 4.13. The summed E-state index contributed by atoms with van der Waals surface area (Å²) in [6, 6.07) is 1.92. The number of rotatable bonds is 3. The highest BCUT2D eigenvalue weighted by atomic mass is 35.5. The van der Waals surface area contributed by atoms with Gasteiger partial charge in [0.05, 0.1) is 6.26 Å². The Morgan fingerprint density at radius 2 is 2.38 bits per heavy atom. The van der Waals surface area contributed by atoms with Gasteiger partial charge in [-0.25, -0.2) is 0 Å². The minimum atomic E-state index is 0.0524. The molecule has 0 bridgehead atoms. The summed E-state index contributed by atoms with van der Waals surface area (Å²) < 4.78 is 5.00. The number of halogens is 1. The van der Waals surface area contributed by atoms with Crippen molar-refractivity contribution < 1.29 is 4.42 Å². The number of furan rings is 1. The predicted octanol–water partition coefficient (Wildman–Crippen LogP) is 3.12. The second-order valence-electron chi connectivity index (χ2n) is 3.79. The highest BCUT2D eigenvalue weighted by Gasteiger charge is 2.22. The van der Waals surface area contributed by atoms with E-state index in [4.69, 9.17) is 21.8 Å². The largest absolute Gasteiger partial charge is 0.453 e. The van der Waals surface area contributed by atoms with Gasteiger partial charge < -0.3 is 10.2 Å². The van der Waals surface area contributed by atoms with E-state index >= 15 is 0 Å². The van der Waals surface area contributed by atoms with E-state index in [9.17, 15) is 0 Å². The van der Waals surface area contributed by atoms with Gasteiger partial charge in [-0.2, -0.15) is 0 Å². The topological polar surface area (TPSA) is 39.2 Å². The molecule has 3 heteroatoms. The molecule has 1 saturated carbocycles. The van der Waals surface area contributed by atoms with Crippen LogP contribution in [0.2, 0.25) is 5.22 Å². The maximum Gasteiger partial charge on any atom is 0.197 e. The summed E-state index contributed by atoms with van der Waals surface area (Å²) in [7, 11) is 0. The Balaban J connectivity index is 1.96. The lowest BCUT2D eigenvalue weighted by atomic mass is 9.80. The molecule has 1 aromatic rings. The molecule has 0 amide bonds. The first-order valence-corrected chi connectivity index (χ1v) is 5.13. The van der Waals surface area contributed by atoms with Crippen LogP contribution >= 0.6 is 11.6 Å². The van der Waals surface area contributed by atoms with Crippen molar-refractivity contribution in [1.82, 2.24) is 0 Å². The van der Waals surface area contributed by atoms with Crippen LogP contribution in [0.1, 0.15) is 37.3 Å². The predicted molar refractivity (Wildman–Crippen MR) is 52.6 cm³/mol. The number of nitrogens with two attached hydrogens (primary N) is 1. The van der Waals surface area contributed by atoms with Gasteiger partial charge in [0, 0.05) is 11.6 Å². The van der Waals surface area contributed by atoms with E-state index in [0.29, 0.717) is 5.22 Å². The zero-order chi connectivity index (χ0) is 9.26. The molecule has 0 aromatic carbocycles. The minimum absolute atomic E-state index is 0.0524. The molecular formula is C10H14ClNO. The van der Waals surface area contributed by atoms with Crippen LogP contribution in [0, 0.1) is 5.92 Å². The lowest BCUT2D eigenvalue weighted by Crippen LogP contribution is -2.19. The zero-order valence-electron chi connectivity index (χ0n) is 7.50. The Bertz CT molecular complexity index is 280. The van der Waals surface area contributed by atoms with E-state index in [1.54, 1.807) is 6.26 Å². The summed E-state index contributed by atoms with van der Waals surface area (Å²) in [5, 5.41) is 0.451. The lowest BCUT2D eigenvalue weighted by Gasteiger charge is -2.27. The van der Waals surface area contributed by atoms with E-state index in [1.165, 1.54) is 19.3 Å². The quantitative estimate of drug-likeness (QED) is 0.813. The maximum absolute atomic E-state index is 6.01. The Morgan fingerprint density at radius 3 is 2.85 bits per heavy atom. The molecule has 1 aliphatic carbocycles. The van der Waals surface area contributed by atoms with Crippen LogP contribution in [0.3, 0.4) is 0 Å². The van der Waals surface area contributed by atoms with Crippen molar-refractivity contribution in [1.29, 1.82) is 0 Å². The summed E-state index contributed by atoms with van der Waals surface area (Å²) in [6.07, 6.45) is 6.64. The van der Waals surface area contributed by atoms with E-state index < -0.39 is 0 Å². The molecule has 2 N–H and O–H groups in total. The van der Waals surface area contributed by atoms with Gasteiger partial charge in [-0.15, -0.1) is 0 Å².